The number of hydrogen-bond donors (Lipinski definition) is 1. The molecule has 0 bridgehead atoms. The lowest BCUT2D eigenvalue weighted by Crippen LogP contribution is -2.29. The number of rotatable bonds is 3. The van der Waals surface area contributed by atoms with Crippen LogP contribution in [0.25, 0.3) is 10.1 Å². The molecular formula is C15H17FN2OS. The Morgan fingerprint density at radius 3 is 3.15 bits per heavy atom. The molecule has 0 spiro atoms. The highest BCUT2D eigenvalue weighted by Crippen LogP contribution is 2.28. The highest BCUT2D eigenvalue weighted by atomic mass is 32.1. The molecule has 1 unspecified atom stereocenters. The molecule has 1 aromatic carbocycles. The summed E-state index contributed by atoms with van der Waals surface area (Å²) in [7, 11) is 1.94. The zero-order valence-electron chi connectivity index (χ0n) is 11.4. The molecule has 1 aliphatic rings. The fourth-order valence-electron chi connectivity index (χ4n) is 2.74. The van der Waals surface area contributed by atoms with Gasteiger partial charge in [0.2, 0.25) is 0 Å². The van der Waals surface area contributed by atoms with Gasteiger partial charge >= 0.3 is 0 Å². The molecule has 1 atom stereocenters. The van der Waals surface area contributed by atoms with E-state index in [4.69, 9.17) is 0 Å². The van der Waals surface area contributed by atoms with Crippen LogP contribution in [0.4, 0.5) is 4.39 Å². The third-order valence-corrected chi connectivity index (χ3v) is 4.84. The van der Waals surface area contributed by atoms with Gasteiger partial charge < -0.3 is 10.2 Å². The lowest BCUT2D eigenvalue weighted by Gasteiger charge is -2.15. The summed E-state index contributed by atoms with van der Waals surface area (Å²) in [4.78, 5) is 15.1. The number of amides is 1. The van der Waals surface area contributed by atoms with Crippen molar-refractivity contribution in [2.75, 3.05) is 26.7 Å². The van der Waals surface area contributed by atoms with Gasteiger partial charge in [0.1, 0.15) is 5.82 Å². The lowest BCUT2D eigenvalue weighted by molar-refractivity contribution is 0.0792. The van der Waals surface area contributed by atoms with Crippen LogP contribution in [-0.2, 0) is 0 Å². The van der Waals surface area contributed by atoms with E-state index in [-0.39, 0.29) is 11.7 Å². The smallest absolute Gasteiger partial charge is 0.263 e. The number of benzene rings is 1. The van der Waals surface area contributed by atoms with Crippen molar-refractivity contribution < 1.29 is 9.18 Å². The van der Waals surface area contributed by atoms with Crippen LogP contribution in [0, 0.1) is 11.7 Å². The Balaban J connectivity index is 1.79. The van der Waals surface area contributed by atoms with Crippen molar-refractivity contribution in [2.45, 2.75) is 6.42 Å². The first kappa shape index (κ1) is 13.5. The van der Waals surface area contributed by atoms with Crippen LogP contribution in [-0.4, -0.2) is 37.5 Å². The van der Waals surface area contributed by atoms with Crippen molar-refractivity contribution in [2.24, 2.45) is 5.92 Å². The summed E-state index contributed by atoms with van der Waals surface area (Å²) in [6.45, 7) is 2.57. The van der Waals surface area contributed by atoms with Crippen molar-refractivity contribution in [3.8, 4) is 0 Å². The van der Waals surface area contributed by atoms with Gasteiger partial charge in [0.15, 0.2) is 0 Å². The van der Waals surface area contributed by atoms with Crippen LogP contribution in [0.2, 0.25) is 0 Å². The van der Waals surface area contributed by atoms with Crippen LogP contribution < -0.4 is 5.32 Å². The number of carbonyl (C=O) groups is 1. The number of fused-ring (bicyclic) bond motifs is 1. The summed E-state index contributed by atoms with van der Waals surface area (Å²) < 4.78 is 14.0. The molecule has 5 heteroatoms. The molecule has 1 aliphatic heterocycles. The monoisotopic (exact) mass is 292 g/mol. The Hall–Kier alpha value is -1.46. The summed E-state index contributed by atoms with van der Waals surface area (Å²) in [5, 5.41) is 4.10. The quantitative estimate of drug-likeness (QED) is 0.943. The van der Waals surface area contributed by atoms with Crippen molar-refractivity contribution in [1.82, 2.24) is 10.2 Å². The normalized spacial score (nSPS) is 18.9. The number of thiophene rings is 1. The van der Waals surface area contributed by atoms with E-state index in [0.29, 0.717) is 10.8 Å². The van der Waals surface area contributed by atoms with E-state index in [1.165, 1.54) is 23.5 Å². The first-order valence-corrected chi connectivity index (χ1v) is 7.62. The topological polar surface area (TPSA) is 32.3 Å². The highest BCUT2D eigenvalue weighted by molar-refractivity contribution is 7.20. The number of nitrogens with one attached hydrogen (secondary N) is 1. The Morgan fingerprint density at radius 2 is 2.35 bits per heavy atom. The first-order chi connectivity index (χ1) is 9.67. The van der Waals surface area contributed by atoms with E-state index in [2.05, 4.69) is 5.32 Å². The molecule has 1 amide bonds. The average molecular weight is 292 g/mol. The van der Waals surface area contributed by atoms with Gasteiger partial charge in [-0.15, -0.1) is 11.3 Å². The number of likely N-dealkylation sites (tertiary alicyclic amines) is 1. The molecule has 3 nitrogen and oxygen atoms in total. The zero-order chi connectivity index (χ0) is 14.1. The van der Waals surface area contributed by atoms with Gasteiger partial charge in [0.25, 0.3) is 5.91 Å². The first-order valence-electron chi connectivity index (χ1n) is 6.80. The summed E-state index contributed by atoms with van der Waals surface area (Å²) in [5.41, 5.74) is 0. The molecular weight excluding hydrogens is 275 g/mol. The van der Waals surface area contributed by atoms with Crippen LogP contribution in [0.1, 0.15) is 16.1 Å². The van der Waals surface area contributed by atoms with Crippen LogP contribution in [0.5, 0.6) is 0 Å². The van der Waals surface area contributed by atoms with E-state index in [1.54, 1.807) is 6.07 Å². The molecule has 1 aromatic heterocycles. The largest absolute Gasteiger partial charge is 0.338 e. The Bertz CT molecular complexity index is 640. The molecule has 3 rings (SSSR count). The van der Waals surface area contributed by atoms with Gasteiger partial charge in [0.05, 0.1) is 4.88 Å². The maximum atomic E-state index is 13.2. The minimum atomic E-state index is -0.256. The van der Waals surface area contributed by atoms with E-state index in [0.717, 1.165) is 36.1 Å². The van der Waals surface area contributed by atoms with Gasteiger partial charge in [-0.3, -0.25) is 4.79 Å². The van der Waals surface area contributed by atoms with Crippen LogP contribution >= 0.6 is 11.3 Å². The second kappa shape index (κ2) is 5.50. The van der Waals surface area contributed by atoms with Crippen molar-refractivity contribution in [3.05, 3.63) is 35.0 Å². The molecule has 0 saturated carbocycles. The van der Waals surface area contributed by atoms with Crippen molar-refractivity contribution in [3.63, 3.8) is 0 Å². The van der Waals surface area contributed by atoms with E-state index in [9.17, 15) is 9.18 Å². The van der Waals surface area contributed by atoms with Gasteiger partial charge in [-0.05, 0) is 49.5 Å². The minimum Gasteiger partial charge on any atom is -0.338 e. The third kappa shape index (κ3) is 2.55. The number of hydrogen-bond acceptors (Lipinski definition) is 3. The molecule has 2 aromatic rings. The maximum absolute atomic E-state index is 13.2. The SMILES string of the molecule is CNCC1CCN(C(=O)c2cc3ccc(F)cc3s2)C1. The Kier molecular flexibility index (Phi) is 3.72. The lowest BCUT2D eigenvalue weighted by atomic mass is 10.1. The number of nitrogens with zero attached hydrogens (tertiary/aromatic N) is 1. The van der Waals surface area contributed by atoms with Gasteiger partial charge in [-0.1, -0.05) is 6.07 Å². The Morgan fingerprint density at radius 1 is 1.50 bits per heavy atom. The fraction of sp³-hybridized carbons (Fsp3) is 0.400. The summed E-state index contributed by atoms with van der Waals surface area (Å²) in [5.74, 6) is 0.356. The highest BCUT2D eigenvalue weighted by Gasteiger charge is 2.27. The summed E-state index contributed by atoms with van der Waals surface area (Å²) in [6.07, 6.45) is 1.05. The second-order valence-corrected chi connectivity index (χ2v) is 6.34. The molecule has 2 heterocycles. The fourth-order valence-corrected chi connectivity index (χ4v) is 3.79. The van der Waals surface area contributed by atoms with Gasteiger partial charge in [-0.2, -0.15) is 0 Å². The zero-order valence-corrected chi connectivity index (χ0v) is 12.2. The average Bonchev–Trinajstić information content (AvgIpc) is 3.04. The standard InChI is InChI=1S/C15H17FN2OS/c1-17-8-10-4-5-18(9-10)15(19)14-6-11-2-3-12(16)7-13(11)20-14/h2-3,6-7,10,17H,4-5,8-9H2,1H3. The van der Waals surface area contributed by atoms with Gasteiger partial charge in [0, 0.05) is 17.8 Å². The van der Waals surface area contributed by atoms with E-state index >= 15 is 0 Å². The molecule has 106 valence electrons. The maximum Gasteiger partial charge on any atom is 0.263 e. The van der Waals surface area contributed by atoms with Gasteiger partial charge in [-0.25, -0.2) is 4.39 Å². The Labute approximate surface area is 121 Å². The minimum absolute atomic E-state index is 0.0743. The third-order valence-electron chi connectivity index (χ3n) is 3.76. The second-order valence-electron chi connectivity index (χ2n) is 5.26. The van der Waals surface area contributed by atoms with Crippen molar-refractivity contribution >= 4 is 27.3 Å². The summed E-state index contributed by atoms with van der Waals surface area (Å²) in [6, 6.07) is 6.52. The van der Waals surface area contributed by atoms with E-state index in [1.807, 2.05) is 18.0 Å². The van der Waals surface area contributed by atoms with Crippen molar-refractivity contribution in [1.29, 1.82) is 0 Å². The summed E-state index contributed by atoms with van der Waals surface area (Å²) >= 11 is 1.37. The molecule has 0 aliphatic carbocycles. The molecule has 1 N–H and O–H groups in total. The molecule has 1 saturated heterocycles. The van der Waals surface area contributed by atoms with Crippen LogP contribution in [0.3, 0.4) is 0 Å². The molecule has 0 radical (unpaired) electrons. The van der Waals surface area contributed by atoms with E-state index < -0.39 is 0 Å². The molecule has 1 fully saturated rings. The number of carbonyl (C=O) groups excluding carboxylic acids is 1. The van der Waals surface area contributed by atoms with Crippen LogP contribution in [0.15, 0.2) is 24.3 Å². The molecule has 20 heavy (non-hydrogen) atoms. The predicted octanol–water partition coefficient (Wildman–Crippen LogP) is 2.72. The number of halogens is 1. The predicted molar refractivity (Wildman–Crippen MR) is 79.7 cm³/mol.